The van der Waals surface area contributed by atoms with Crippen molar-refractivity contribution >= 4 is 0 Å². The first kappa shape index (κ1) is 11.6. The molecule has 16 heavy (non-hydrogen) atoms. The Morgan fingerprint density at radius 2 is 2.06 bits per heavy atom. The minimum Gasteiger partial charge on any atom is -0.339 e. The zero-order chi connectivity index (χ0) is 11.4. The molecule has 2 rings (SSSR count). The fourth-order valence-corrected chi connectivity index (χ4v) is 2.57. The minimum atomic E-state index is 0.139. The van der Waals surface area contributed by atoms with Crippen LogP contribution in [0.2, 0.25) is 0 Å². The average molecular weight is 223 g/mol. The Morgan fingerprint density at radius 1 is 1.31 bits per heavy atom. The lowest BCUT2D eigenvalue weighted by Gasteiger charge is -2.34. The molecule has 1 fully saturated rings. The van der Waals surface area contributed by atoms with E-state index in [2.05, 4.69) is 29.3 Å². The predicted molar refractivity (Wildman–Crippen MR) is 62.4 cm³/mol. The van der Waals surface area contributed by atoms with Crippen LogP contribution in [0.4, 0.5) is 0 Å². The third kappa shape index (κ3) is 2.12. The van der Waals surface area contributed by atoms with Crippen molar-refractivity contribution in [1.29, 1.82) is 0 Å². The summed E-state index contributed by atoms with van der Waals surface area (Å²) >= 11 is 0. The highest BCUT2D eigenvalue weighted by Gasteiger charge is 2.38. The van der Waals surface area contributed by atoms with E-state index in [1.54, 1.807) is 0 Å². The van der Waals surface area contributed by atoms with E-state index < -0.39 is 0 Å². The maximum atomic E-state index is 5.46. The molecular formula is C12H21N3O. The molecule has 1 aromatic heterocycles. The smallest absolute Gasteiger partial charge is 0.232 e. The Balaban J connectivity index is 2.23. The van der Waals surface area contributed by atoms with E-state index in [1.165, 1.54) is 6.42 Å². The molecule has 0 unspecified atom stereocenters. The molecule has 1 aliphatic heterocycles. The quantitative estimate of drug-likeness (QED) is 0.848. The summed E-state index contributed by atoms with van der Waals surface area (Å²) in [6.45, 7) is 6.40. The SMILES string of the molecule is CCCC1(c2nc(CC)no2)CCNCC1. The van der Waals surface area contributed by atoms with Gasteiger partial charge in [0.25, 0.3) is 0 Å². The van der Waals surface area contributed by atoms with Crippen LogP contribution in [0.15, 0.2) is 4.52 Å². The first-order valence-electron chi connectivity index (χ1n) is 6.34. The fraction of sp³-hybridized carbons (Fsp3) is 0.833. The normalized spacial score (nSPS) is 19.9. The number of aromatic nitrogens is 2. The molecule has 0 aliphatic carbocycles. The van der Waals surface area contributed by atoms with Crippen molar-refractivity contribution in [3.05, 3.63) is 11.7 Å². The first-order chi connectivity index (χ1) is 7.80. The van der Waals surface area contributed by atoms with Gasteiger partial charge in [0, 0.05) is 6.42 Å². The molecule has 0 bridgehead atoms. The molecule has 4 nitrogen and oxygen atoms in total. The molecular weight excluding hydrogens is 202 g/mol. The highest BCUT2D eigenvalue weighted by Crippen LogP contribution is 2.36. The van der Waals surface area contributed by atoms with Crippen molar-refractivity contribution in [2.75, 3.05) is 13.1 Å². The summed E-state index contributed by atoms with van der Waals surface area (Å²) in [6.07, 6.45) is 5.41. The number of hydrogen-bond donors (Lipinski definition) is 1. The van der Waals surface area contributed by atoms with Crippen LogP contribution in [-0.4, -0.2) is 23.2 Å². The zero-order valence-electron chi connectivity index (χ0n) is 10.3. The van der Waals surface area contributed by atoms with E-state index in [1.807, 2.05) is 0 Å². The Hall–Kier alpha value is -0.900. The van der Waals surface area contributed by atoms with E-state index >= 15 is 0 Å². The summed E-state index contributed by atoms with van der Waals surface area (Å²) in [5.74, 6) is 1.71. The van der Waals surface area contributed by atoms with Crippen LogP contribution in [0.3, 0.4) is 0 Å². The van der Waals surface area contributed by atoms with Gasteiger partial charge < -0.3 is 9.84 Å². The van der Waals surface area contributed by atoms with Crippen molar-refractivity contribution in [2.24, 2.45) is 0 Å². The Labute approximate surface area is 96.8 Å². The van der Waals surface area contributed by atoms with Gasteiger partial charge in [-0.3, -0.25) is 0 Å². The van der Waals surface area contributed by atoms with Gasteiger partial charge in [-0.1, -0.05) is 25.4 Å². The fourth-order valence-electron chi connectivity index (χ4n) is 2.57. The molecule has 0 radical (unpaired) electrons. The van der Waals surface area contributed by atoms with Crippen molar-refractivity contribution < 1.29 is 4.52 Å². The molecule has 0 spiro atoms. The van der Waals surface area contributed by atoms with Gasteiger partial charge in [-0.15, -0.1) is 0 Å². The van der Waals surface area contributed by atoms with Crippen LogP contribution in [-0.2, 0) is 11.8 Å². The average Bonchev–Trinajstić information content (AvgIpc) is 2.80. The summed E-state index contributed by atoms with van der Waals surface area (Å²) < 4.78 is 5.46. The maximum Gasteiger partial charge on any atom is 0.232 e. The second kappa shape index (κ2) is 4.95. The third-order valence-electron chi connectivity index (χ3n) is 3.53. The number of piperidine rings is 1. The van der Waals surface area contributed by atoms with Crippen LogP contribution >= 0.6 is 0 Å². The van der Waals surface area contributed by atoms with Crippen LogP contribution in [0.25, 0.3) is 0 Å². The lowest BCUT2D eigenvalue weighted by Crippen LogP contribution is -2.40. The van der Waals surface area contributed by atoms with E-state index in [-0.39, 0.29) is 5.41 Å². The zero-order valence-corrected chi connectivity index (χ0v) is 10.3. The van der Waals surface area contributed by atoms with Crippen LogP contribution in [0.1, 0.15) is 51.2 Å². The van der Waals surface area contributed by atoms with Gasteiger partial charge in [-0.25, -0.2) is 0 Å². The lowest BCUT2D eigenvalue weighted by molar-refractivity contribution is 0.208. The molecule has 2 heterocycles. The van der Waals surface area contributed by atoms with Crippen molar-refractivity contribution in [2.45, 2.75) is 51.4 Å². The molecule has 90 valence electrons. The van der Waals surface area contributed by atoms with Gasteiger partial charge >= 0.3 is 0 Å². The number of aryl methyl sites for hydroxylation is 1. The Kier molecular flexibility index (Phi) is 3.59. The van der Waals surface area contributed by atoms with E-state index in [4.69, 9.17) is 4.52 Å². The minimum absolute atomic E-state index is 0.139. The Bertz CT molecular complexity index is 323. The molecule has 0 saturated carbocycles. The third-order valence-corrected chi connectivity index (χ3v) is 3.53. The van der Waals surface area contributed by atoms with Crippen LogP contribution < -0.4 is 5.32 Å². The summed E-state index contributed by atoms with van der Waals surface area (Å²) in [5, 5.41) is 7.43. The molecule has 1 N–H and O–H groups in total. The van der Waals surface area contributed by atoms with Gasteiger partial charge in [0.2, 0.25) is 5.89 Å². The second-order valence-electron chi connectivity index (χ2n) is 4.65. The van der Waals surface area contributed by atoms with Gasteiger partial charge in [0.1, 0.15) is 0 Å². The number of nitrogens with zero attached hydrogens (tertiary/aromatic N) is 2. The molecule has 1 aliphatic rings. The van der Waals surface area contributed by atoms with Gasteiger partial charge in [-0.2, -0.15) is 4.98 Å². The predicted octanol–water partition coefficient (Wildman–Crippen LogP) is 2.05. The maximum absolute atomic E-state index is 5.46. The van der Waals surface area contributed by atoms with E-state index in [9.17, 15) is 0 Å². The standard InChI is InChI=1S/C12H21N3O/c1-3-5-12(6-8-13-9-7-12)11-14-10(4-2)15-16-11/h13H,3-9H2,1-2H3. The molecule has 0 aromatic carbocycles. The van der Waals surface area contributed by atoms with Crippen LogP contribution in [0, 0.1) is 0 Å². The van der Waals surface area contributed by atoms with Gasteiger partial charge in [0.05, 0.1) is 5.41 Å². The Morgan fingerprint density at radius 3 is 2.62 bits per heavy atom. The van der Waals surface area contributed by atoms with Crippen molar-refractivity contribution in [3.63, 3.8) is 0 Å². The molecule has 1 aromatic rings. The number of hydrogen-bond acceptors (Lipinski definition) is 4. The second-order valence-corrected chi connectivity index (χ2v) is 4.65. The highest BCUT2D eigenvalue weighted by atomic mass is 16.5. The van der Waals surface area contributed by atoms with Gasteiger partial charge in [0.15, 0.2) is 5.82 Å². The number of nitrogens with one attached hydrogen (secondary N) is 1. The molecule has 0 amide bonds. The van der Waals surface area contributed by atoms with Crippen molar-refractivity contribution in [1.82, 2.24) is 15.5 Å². The van der Waals surface area contributed by atoms with Gasteiger partial charge in [-0.05, 0) is 32.4 Å². The van der Waals surface area contributed by atoms with E-state index in [0.29, 0.717) is 0 Å². The van der Waals surface area contributed by atoms with Crippen LogP contribution in [0.5, 0.6) is 0 Å². The summed E-state index contributed by atoms with van der Waals surface area (Å²) in [4.78, 5) is 4.54. The summed E-state index contributed by atoms with van der Waals surface area (Å²) in [7, 11) is 0. The first-order valence-corrected chi connectivity index (χ1v) is 6.34. The topological polar surface area (TPSA) is 51.0 Å². The largest absolute Gasteiger partial charge is 0.339 e. The van der Waals surface area contributed by atoms with E-state index in [0.717, 1.165) is 50.5 Å². The highest BCUT2D eigenvalue weighted by molar-refractivity contribution is 5.07. The summed E-state index contributed by atoms with van der Waals surface area (Å²) in [6, 6.07) is 0. The lowest BCUT2D eigenvalue weighted by atomic mass is 9.75. The molecule has 1 saturated heterocycles. The summed E-state index contributed by atoms with van der Waals surface area (Å²) in [5.41, 5.74) is 0.139. The molecule has 0 atom stereocenters. The molecule has 4 heteroatoms. The monoisotopic (exact) mass is 223 g/mol. The number of rotatable bonds is 4. The van der Waals surface area contributed by atoms with Crippen molar-refractivity contribution in [3.8, 4) is 0 Å².